The molecule has 2 aromatic heterocycles. The van der Waals surface area contributed by atoms with Crippen LogP contribution in [0.4, 0.5) is 19.0 Å². The number of hydrogen-bond donors (Lipinski definition) is 1. The van der Waals surface area contributed by atoms with E-state index < -0.39 is 30.0 Å². The van der Waals surface area contributed by atoms with Gasteiger partial charge in [-0.25, -0.2) is 14.4 Å². The number of furan rings is 1. The van der Waals surface area contributed by atoms with Crippen molar-refractivity contribution in [2.24, 2.45) is 0 Å². The number of hydrogen-bond acceptors (Lipinski definition) is 6. The van der Waals surface area contributed by atoms with Gasteiger partial charge in [-0.15, -0.1) is 0 Å². The summed E-state index contributed by atoms with van der Waals surface area (Å²) in [5.41, 5.74) is 0.593. The predicted octanol–water partition coefficient (Wildman–Crippen LogP) is 7.02. The number of carboxylic acids is 1. The minimum atomic E-state index is -3.28. The molecule has 1 unspecified atom stereocenters. The summed E-state index contributed by atoms with van der Waals surface area (Å²) in [4.78, 5) is 20.9. The van der Waals surface area contributed by atoms with Crippen LogP contribution in [-0.2, 0) is 15.5 Å². The minimum absolute atomic E-state index is 0.0391. The summed E-state index contributed by atoms with van der Waals surface area (Å²) in [6.07, 6.45) is 9.15. The van der Waals surface area contributed by atoms with Crippen molar-refractivity contribution in [1.29, 1.82) is 0 Å². The van der Waals surface area contributed by atoms with Crippen molar-refractivity contribution in [3.8, 4) is 12.5 Å². The smallest absolute Gasteiger partial charge is 0.306 e. The van der Waals surface area contributed by atoms with Crippen molar-refractivity contribution >= 4 is 33.9 Å². The van der Waals surface area contributed by atoms with Crippen molar-refractivity contribution in [3.05, 3.63) is 29.8 Å². The van der Waals surface area contributed by atoms with Crippen LogP contribution in [0.15, 0.2) is 22.6 Å². The van der Waals surface area contributed by atoms with Gasteiger partial charge in [0.2, 0.25) is 5.82 Å². The van der Waals surface area contributed by atoms with Gasteiger partial charge in [0.25, 0.3) is 0 Å². The normalized spacial score (nSPS) is 15.8. The lowest BCUT2D eigenvalue weighted by molar-refractivity contribution is -0.137. The topological polar surface area (TPSA) is 88.7 Å². The Balaban J connectivity index is 0.000000505. The zero-order chi connectivity index (χ0) is 28.1. The summed E-state index contributed by atoms with van der Waals surface area (Å²) >= 11 is 0. The number of rotatable bonds is 8. The molecule has 0 bridgehead atoms. The number of alkyl halides is 2. The number of anilines is 1. The fourth-order valence-corrected chi connectivity index (χ4v) is 4.30. The van der Waals surface area contributed by atoms with E-state index in [0.717, 1.165) is 12.8 Å². The van der Waals surface area contributed by atoms with Crippen molar-refractivity contribution in [1.82, 2.24) is 9.97 Å². The van der Waals surface area contributed by atoms with E-state index in [-0.39, 0.29) is 41.2 Å². The number of unbranched alkanes of at least 4 members (excludes halogenated alkanes) is 2. The summed E-state index contributed by atoms with van der Waals surface area (Å²) < 4.78 is 54.4. The number of fused-ring (bicyclic) bond motifs is 3. The summed E-state index contributed by atoms with van der Waals surface area (Å²) in [6.45, 7) is 8.40. The van der Waals surface area contributed by atoms with Gasteiger partial charge in [0.1, 0.15) is 28.6 Å². The molecule has 3 heterocycles. The average Bonchev–Trinajstić information content (AvgIpc) is 3.40. The number of aromatic nitrogens is 2. The van der Waals surface area contributed by atoms with Crippen molar-refractivity contribution < 1.29 is 32.2 Å². The van der Waals surface area contributed by atoms with Crippen LogP contribution in [0.2, 0.25) is 0 Å². The third-order valence-corrected chi connectivity index (χ3v) is 6.16. The molecule has 4 rings (SSSR count). The molecule has 0 aliphatic carbocycles. The molecule has 10 heteroatoms. The maximum absolute atomic E-state index is 15.1. The number of carboxylic acid groups (broad SMARTS) is 1. The molecule has 1 fully saturated rings. The van der Waals surface area contributed by atoms with Gasteiger partial charge in [0.15, 0.2) is 11.4 Å². The molecule has 1 aliphatic rings. The van der Waals surface area contributed by atoms with Gasteiger partial charge in [-0.2, -0.15) is 8.78 Å². The first-order chi connectivity index (χ1) is 17.8. The molecular formula is C28H34F3N3O4. The van der Waals surface area contributed by atoms with E-state index in [0.29, 0.717) is 30.6 Å². The van der Waals surface area contributed by atoms with Crippen LogP contribution in [0.5, 0.6) is 0 Å². The summed E-state index contributed by atoms with van der Waals surface area (Å²) in [6, 6.07) is 4.06. The Bertz CT molecular complexity index is 1310. The first-order valence-corrected chi connectivity index (χ1v) is 12.7. The lowest BCUT2D eigenvalue weighted by Gasteiger charge is -2.24. The van der Waals surface area contributed by atoms with Gasteiger partial charge in [-0.1, -0.05) is 12.8 Å². The predicted molar refractivity (Wildman–Crippen MR) is 140 cm³/mol. The fraction of sp³-hybridized carbons (Fsp3) is 0.536. The molecular weight excluding hydrogens is 499 g/mol. The van der Waals surface area contributed by atoms with Gasteiger partial charge in [-0.05, 0) is 65.5 Å². The van der Waals surface area contributed by atoms with Gasteiger partial charge in [0, 0.05) is 36.9 Å². The van der Waals surface area contributed by atoms with E-state index in [9.17, 15) is 9.18 Å². The summed E-state index contributed by atoms with van der Waals surface area (Å²) in [5, 5.41) is 9.15. The maximum atomic E-state index is 15.1. The van der Waals surface area contributed by atoms with Gasteiger partial charge >= 0.3 is 11.9 Å². The van der Waals surface area contributed by atoms with Gasteiger partial charge < -0.3 is 19.2 Å². The molecule has 0 amide bonds. The number of carbonyl (C=O) groups is 1. The van der Waals surface area contributed by atoms with E-state index in [1.165, 1.54) is 18.2 Å². The highest BCUT2D eigenvalue weighted by Crippen LogP contribution is 2.40. The Labute approximate surface area is 220 Å². The number of halogens is 3. The average molecular weight is 534 g/mol. The van der Waals surface area contributed by atoms with E-state index in [1.54, 1.807) is 0 Å². The minimum Gasteiger partial charge on any atom is -0.481 e. The monoisotopic (exact) mass is 533 g/mol. The molecule has 0 spiro atoms. The molecule has 7 nitrogen and oxygen atoms in total. The number of benzene rings is 1. The second-order valence-corrected chi connectivity index (χ2v) is 10.5. The Morgan fingerprint density at radius 3 is 2.58 bits per heavy atom. The van der Waals surface area contributed by atoms with Crippen molar-refractivity contribution in [2.75, 3.05) is 11.4 Å². The van der Waals surface area contributed by atoms with Crippen LogP contribution >= 0.6 is 0 Å². The first-order valence-electron chi connectivity index (χ1n) is 12.7. The van der Waals surface area contributed by atoms with Crippen LogP contribution in [0.25, 0.3) is 22.1 Å². The van der Waals surface area contributed by atoms with E-state index in [2.05, 4.69) is 16.1 Å². The molecule has 38 heavy (non-hydrogen) atoms. The van der Waals surface area contributed by atoms with Gasteiger partial charge in [-0.3, -0.25) is 4.79 Å². The lowest BCUT2D eigenvalue weighted by Crippen LogP contribution is -2.29. The Hall–Kier alpha value is -3.48. The maximum Gasteiger partial charge on any atom is 0.306 e. The van der Waals surface area contributed by atoms with Crippen LogP contribution in [-0.4, -0.2) is 39.2 Å². The van der Waals surface area contributed by atoms with Crippen LogP contribution in [0.3, 0.4) is 0 Å². The number of aliphatic carboxylic acids is 1. The molecule has 1 N–H and O–H groups in total. The number of nitrogens with zero attached hydrogens (tertiary/aromatic N) is 3. The Morgan fingerprint density at radius 2 is 2.00 bits per heavy atom. The molecule has 1 aliphatic heterocycles. The zero-order valence-corrected chi connectivity index (χ0v) is 22.2. The molecule has 1 aromatic carbocycles. The Morgan fingerprint density at radius 1 is 1.26 bits per heavy atom. The lowest BCUT2D eigenvalue weighted by atomic mass is 10.1. The molecule has 0 radical (unpaired) electrons. The number of terminal acetylenes is 1. The van der Waals surface area contributed by atoms with Gasteiger partial charge in [0.05, 0.1) is 0 Å². The van der Waals surface area contributed by atoms with Crippen molar-refractivity contribution in [2.45, 2.75) is 90.2 Å². The zero-order valence-electron chi connectivity index (χ0n) is 22.2. The largest absolute Gasteiger partial charge is 0.481 e. The second-order valence-electron chi connectivity index (χ2n) is 10.5. The summed E-state index contributed by atoms with van der Waals surface area (Å²) in [5.74, 6) is -4.97. The highest BCUT2D eigenvalue weighted by atomic mass is 19.3. The van der Waals surface area contributed by atoms with E-state index in [1.807, 2.05) is 32.6 Å². The SMILES string of the molecule is C#COC(C)(C)C.CC1CCCN1c1nc(C(F)(F)CCCCCC(=O)O)nc2c1oc1cc(F)ccc12. The molecule has 0 saturated carbocycles. The molecule has 3 aromatic rings. The number of ether oxygens (including phenoxy) is 1. The molecule has 206 valence electrons. The van der Waals surface area contributed by atoms with Crippen LogP contribution in [0, 0.1) is 18.3 Å². The molecule has 1 atom stereocenters. The molecule has 1 saturated heterocycles. The standard InChI is InChI=1S/C22H24F3N3O3.C6H10O/c1-13-6-5-11-28(13)20-19-18(15-9-8-14(23)12-16(15)31-19)26-21(27-20)22(24,25)10-4-2-3-7-17(29)30;1-5-7-6(2,3)4/h8-9,12-13H,2-7,10-11H2,1H3,(H,29,30);1H,2-4H3. The third kappa shape index (κ3) is 7.30. The quantitative estimate of drug-likeness (QED) is 0.246. The highest BCUT2D eigenvalue weighted by molar-refractivity contribution is 6.05. The van der Waals surface area contributed by atoms with Crippen LogP contribution in [0.1, 0.15) is 78.5 Å². The van der Waals surface area contributed by atoms with Crippen molar-refractivity contribution in [3.63, 3.8) is 0 Å². The van der Waals surface area contributed by atoms with E-state index in [4.69, 9.17) is 20.7 Å². The third-order valence-electron chi connectivity index (χ3n) is 6.16. The highest BCUT2D eigenvalue weighted by Gasteiger charge is 2.37. The summed E-state index contributed by atoms with van der Waals surface area (Å²) in [7, 11) is 0. The van der Waals surface area contributed by atoms with Crippen LogP contribution < -0.4 is 4.90 Å². The second kappa shape index (κ2) is 11.9. The Kier molecular flexibility index (Phi) is 9.13. The first kappa shape index (κ1) is 29.1. The van der Waals surface area contributed by atoms with E-state index >= 15 is 8.78 Å². The fourth-order valence-electron chi connectivity index (χ4n) is 4.30.